The van der Waals surface area contributed by atoms with Crippen molar-refractivity contribution in [2.45, 2.75) is 6.92 Å². The molecule has 0 spiro atoms. The van der Waals surface area contributed by atoms with Gasteiger partial charge in [0.05, 0.1) is 4.92 Å². The van der Waals surface area contributed by atoms with Gasteiger partial charge < -0.3 is 9.84 Å². The Labute approximate surface area is 110 Å². The Hall–Kier alpha value is -1.93. The fourth-order valence-electron chi connectivity index (χ4n) is 1.20. The second-order valence-electron chi connectivity index (χ2n) is 3.19. The van der Waals surface area contributed by atoms with Crippen molar-refractivity contribution in [2.75, 3.05) is 5.32 Å². The van der Waals surface area contributed by atoms with E-state index in [0.29, 0.717) is 5.76 Å². The van der Waals surface area contributed by atoms with Crippen molar-refractivity contribution in [3.05, 3.63) is 32.4 Å². The van der Waals surface area contributed by atoms with Crippen molar-refractivity contribution in [2.24, 2.45) is 0 Å². The number of nitrogens with one attached hydrogen (secondary N) is 1. The standard InChI is InChI=1S/C8H5Cl2N5O3/c1-3-2-4(14-18-3)11-7-5(15(16)17)6(9)12-8(10)13-7/h2H,1H3,(H,11,12,13,14). The van der Waals surface area contributed by atoms with Crippen LogP contribution in [0.4, 0.5) is 17.3 Å². The summed E-state index contributed by atoms with van der Waals surface area (Å²) in [5, 5.41) is 16.5. The molecule has 2 rings (SSSR count). The highest BCUT2D eigenvalue weighted by molar-refractivity contribution is 6.33. The number of aromatic nitrogens is 3. The summed E-state index contributed by atoms with van der Waals surface area (Å²) in [4.78, 5) is 17.3. The van der Waals surface area contributed by atoms with Gasteiger partial charge in [-0.15, -0.1) is 0 Å². The number of hydrogen-bond donors (Lipinski definition) is 1. The molecule has 1 N–H and O–H groups in total. The molecule has 0 bridgehead atoms. The molecule has 0 aliphatic heterocycles. The van der Waals surface area contributed by atoms with Gasteiger partial charge in [0.15, 0.2) is 5.82 Å². The maximum atomic E-state index is 10.9. The fraction of sp³-hybridized carbons (Fsp3) is 0.125. The van der Waals surface area contributed by atoms with Crippen LogP contribution in [0.25, 0.3) is 0 Å². The Balaban J connectivity index is 2.45. The summed E-state index contributed by atoms with van der Waals surface area (Å²) in [5.41, 5.74) is -0.485. The molecule has 0 saturated heterocycles. The zero-order valence-corrected chi connectivity index (χ0v) is 10.4. The molecule has 2 aromatic heterocycles. The first-order valence-electron chi connectivity index (χ1n) is 4.55. The maximum Gasteiger partial charge on any atom is 0.348 e. The van der Waals surface area contributed by atoms with Crippen LogP contribution in [0.5, 0.6) is 0 Å². The Morgan fingerprint density at radius 1 is 1.44 bits per heavy atom. The van der Waals surface area contributed by atoms with E-state index in [-0.39, 0.29) is 22.1 Å². The minimum Gasteiger partial charge on any atom is -0.360 e. The zero-order valence-electron chi connectivity index (χ0n) is 8.85. The van der Waals surface area contributed by atoms with Crippen LogP contribution in [0.15, 0.2) is 10.6 Å². The van der Waals surface area contributed by atoms with E-state index in [4.69, 9.17) is 27.7 Å². The lowest BCUT2D eigenvalue weighted by Gasteiger charge is -2.03. The van der Waals surface area contributed by atoms with Gasteiger partial charge in [-0.05, 0) is 18.5 Å². The van der Waals surface area contributed by atoms with E-state index in [1.807, 2.05) is 0 Å². The highest BCUT2D eigenvalue weighted by Crippen LogP contribution is 2.32. The van der Waals surface area contributed by atoms with Crippen LogP contribution in [0.2, 0.25) is 10.4 Å². The molecule has 10 heteroatoms. The third kappa shape index (κ3) is 2.49. The molecule has 0 unspecified atom stereocenters. The third-order valence-corrected chi connectivity index (χ3v) is 2.30. The highest BCUT2D eigenvalue weighted by Gasteiger charge is 2.24. The summed E-state index contributed by atoms with van der Waals surface area (Å²) < 4.78 is 4.81. The van der Waals surface area contributed by atoms with Crippen molar-refractivity contribution in [3.63, 3.8) is 0 Å². The van der Waals surface area contributed by atoms with Crippen LogP contribution < -0.4 is 5.32 Å². The molecule has 0 aliphatic rings. The summed E-state index contributed by atoms with van der Waals surface area (Å²) >= 11 is 11.2. The first-order chi connectivity index (χ1) is 8.47. The molecule has 0 amide bonds. The van der Waals surface area contributed by atoms with E-state index >= 15 is 0 Å². The number of rotatable bonds is 3. The lowest BCUT2D eigenvalue weighted by molar-refractivity contribution is -0.384. The van der Waals surface area contributed by atoms with Crippen LogP contribution in [0.3, 0.4) is 0 Å². The Morgan fingerprint density at radius 2 is 2.17 bits per heavy atom. The number of nitro groups is 1. The van der Waals surface area contributed by atoms with E-state index in [9.17, 15) is 10.1 Å². The van der Waals surface area contributed by atoms with Crippen molar-refractivity contribution < 1.29 is 9.45 Å². The Kier molecular flexibility index (Phi) is 3.30. The average molecular weight is 290 g/mol. The van der Waals surface area contributed by atoms with Gasteiger partial charge in [-0.2, -0.15) is 9.97 Å². The minimum absolute atomic E-state index is 0.154. The molecule has 0 atom stereocenters. The van der Waals surface area contributed by atoms with Gasteiger partial charge in [-0.1, -0.05) is 16.8 Å². The third-order valence-electron chi connectivity index (χ3n) is 1.87. The molecular formula is C8H5Cl2N5O3. The Morgan fingerprint density at radius 3 is 2.72 bits per heavy atom. The topological polar surface area (TPSA) is 107 Å². The molecule has 2 aromatic rings. The van der Waals surface area contributed by atoms with Gasteiger partial charge in [0.1, 0.15) is 5.76 Å². The van der Waals surface area contributed by atoms with Gasteiger partial charge in [0, 0.05) is 6.07 Å². The van der Waals surface area contributed by atoms with E-state index in [1.165, 1.54) is 6.07 Å². The number of nitrogens with zero attached hydrogens (tertiary/aromatic N) is 4. The largest absolute Gasteiger partial charge is 0.360 e. The summed E-state index contributed by atoms with van der Waals surface area (Å²) in [6.07, 6.45) is 0. The summed E-state index contributed by atoms with van der Waals surface area (Å²) in [6.45, 7) is 1.67. The van der Waals surface area contributed by atoms with Crippen molar-refractivity contribution in [3.8, 4) is 0 Å². The maximum absolute atomic E-state index is 10.9. The molecule has 0 aliphatic carbocycles. The smallest absolute Gasteiger partial charge is 0.348 e. The molecule has 0 aromatic carbocycles. The SMILES string of the molecule is Cc1cc(Nc2nc(Cl)nc(Cl)c2[N+](=O)[O-])no1. The van der Waals surface area contributed by atoms with Crippen LogP contribution >= 0.6 is 23.2 Å². The quantitative estimate of drug-likeness (QED) is 0.400. The first kappa shape index (κ1) is 12.5. The number of halogens is 2. The van der Waals surface area contributed by atoms with E-state index < -0.39 is 10.6 Å². The first-order valence-corrected chi connectivity index (χ1v) is 5.30. The molecule has 0 radical (unpaired) electrons. The second kappa shape index (κ2) is 4.75. The highest BCUT2D eigenvalue weighted by atomic mass is 35.5. The number of anilines is 2. The summed E-state index contributed by atoms with van der Waals surface area (Å²) in [5.74, 6) is 0.631. The van der Waals surface area contributed by atoms with Gasteiger partial charge in [-0.3, -0.25) is 10.1 Å². The molecule has 0 fully saturated rings. The van der Waals surface area contributed by atoms with Crippen molar-refractivity contribution in [1.29, 1.82) is 0 Å². The van der Waals surface area contributed by atoms with E-state index in [0.717, 1.165) is 0 Å². The van der Waals surface area contributed by atoms with Crippen LogP contribution in [-0.4, -0.2) is 20.0 Å². The van der Waals surface area contributed by atoms with E-state index in [2.05, 4.69) is 20.4 Å². The minimum atomic E-state index is -0.714. The van der Waals surface area contributed by atoms with Crippen LogP contribution in [0.1, 0.15) is 5.76 Å². The second-order valence-corrected chi connectivity index (χ2v) is 3.88. The summed E-state index contributed by atoms with van der Waals surface area (Å²) in [7, 11) is 0. The van der Waals surface area contributed by atoms with Gasteiger partial charge >= 0.3 is 5.69 Å². The molecular weight excluding hydrogens is 285 g/mol. The molecule has 0 saturated carbocycles. The lowest BCUT2D eigenvalue weighted by atomic mass is 10.4. The van der Waals surface area contributed by atoms with Crippen molar-refractivity contribution >= 4 is 40.5 Å². The normalized spacial score (nSPS) is 10.4. The van der Waals surface area contributed by atoms with Crippen molar-refractivity contribution in [1.82, 2.24) is 15.1 Å². The molecule has 2 heterocycles. The zero-order chi connectivity index (χ0) is 13.3. The fourth-order valence-corrected chi connectivity index (χ4v) is 1.65. The predicted octanol–water partition coefficient (Wildman–Crippen LogP) is 2.73. The Bertz CT molecular complexity index is 615. The predicted molar refractivity (Wildman–Crippen MR) is 63.2 cm³/mol. The van der Waals surface area contributed by atoms with Gasteiger partial charge in [0.2, 0.25) is 16.3 Å². The van der Waals surface area contributed by atoms with Gasteiger partial charge in [0.25, 0.3) is 0 Å². The van der Waals surface area contributed by atoms with Gasteiger partial charge in [-0.25, -0.2) is 0 Å². The van der Waals surface area contributed by atoms with E-state index in [1.54, 1.807) is 6.92 Å². The van der Waals surface area contributed by atoms with Crippen LogP contribution in [-0.2, 0) is 0 Å². The lowest BCUT2D eigenvalue weighted by Crippen LogP contribution is -2.02. The average Bonchev–Trinajstić information content (AvgIpc) is 2.62. The monoisotopic (exact) mass is 289 g/mol. The summed E-state index contributed by atoms with van der Waals surface area (Å²) in [6, 6.07) is 1.54. The molecule has 18 heavy (non-hydrogen) atoms. The molecule has 8 nitrogen and oxygen atoms in total. The van der Waals surface area contributed by atoms with Crippen LogP contribution in [0, 0.1) is 17.0 Å². The number of aryl methyl sites for hydroxylation is 1. The number of hydrogen-bond acceptors (Lipinski definition) is 7. The molecule has 94 valence electrons.